The van der Waals surface area contributed by atoms with Crippen molar-refractivity contribution in [3.8, 4) is 0 Å². The van der Waals surface area contributed by atoms with E-state index in [-0.39, 0.29) is 0 Å². The molecule has 1 N–H and O–H groups in total. The molecule has 4 nitrogen and oxygen atoms in total. The Morgan fingerprint density at radius 2 is 1.89 bits per heavy atom. The predicted octanol–water partition coefficient (Wildman–Crippen LogP) is 3.81. The van der Waals surface area contributed by atoms with Crippen LogP contribution in [-0.2, 0) is 0 Å². The van der Waals surface area contributed by atoms with Gasteiger partial charge < -0.3 is 15.1 Å². The Hall–Kier alpha value is -1.55. The van der Waals surface area contributed by atoms with E-state index in [1.54, 1.807) is 0 Å². The van der Waals surface area contributed by atoms with Gasteiger partial charge in [-0.2, -0.15) is 0 Å². The van der Waals surface area contributed by atoms with Gasteiger partial charge in [0, 0.05) is 32.7 Å². The van der Waals surface area contributed by atoms with Gasteiger partial charge in [0.1, 0.15) is 0 Å². The van der Waals surface area contributed by atoms with Crippen molar-refractivity contribution < 1.29 is 0 Å². The second kappa shape index (κ2) is 10.1. The lowest BCUT2D eigenvalue weighted by molar-refractivity contribution is 0.215. The van der Waals surface area contributed by atoms with E-state index in [2.05, 4.69) is 66.2 Å². The smallest absolute Gasteiger partial charge is 0.193 e. The standard InChI is InChI=1S/C23H38N4/c1-4-20-18-27(15-13-22(20)21-10-8-7-9-11-21)23(24-5-2)25-16-19-12-14-26(6-3)17-19/h7-11,19-20,22H,4-6,12-18H2,1-3H3,(H,24,25). The Bertz CT molecular complexity index is 585. The molecule has 2 fully saturated rings. The summed E-state index contributed by atoms with van der Waals surface area (Å²) in [6.45, 7) is 14.5. The molecular formula is C23H38N4. The molecule has 0 bridgehead atoms. The highest BCUT2D eigenvalue weighted by Crippen LogP contribution is 2.34. The average molecular weight is 371 g/mol. The molecule has 4 heteroatoms. The molecule has 27 heavy (non-hydrogen) atoms. The van der Waals surface area contributed by atoms with Crippen LogP contribution in [0.4, 0.5) is 0 Å². The van der Waals surface area contributed by atoms with Crippen LogP contribution in [0.1, 0.15) is 51.5 Å². The maximum Gasteiger partial charge on any atom is 0.193 e. The summed E-state index contributed by atoms with van der Waals surface area (Å²) in [6.07, 6.45) is 3.74. The zero-order valence-electron chi connectivity index (χ0n) is 17.5. The number of hydrogen-bond acceptors (Lipinski definition) is 2. The van der Waals surface area contributed by atoms with Crippen molar-refractivity contribution in [3.63, 3.8) is 0 Å². The highest BCUT2D eigenvalue weighted by Gasteiger charge is 2.30. The molecule has 2 heterocycles. The minimum Gasteiger partial charge on any atom is -0.357 e. The molecule has 0 spiro atoms. The summed E-state index contributed by atoms with van der Waals surface area (Å²) in [5.41, 5.74) is 1.51. The number of likely N-dealkylation sites (tertiary alicyclic amines) is 2. The quantitative estimate of drug-likeness (QED) is 0.610. The second-order valence-electron chi connectivity index (χ2n) is 8.16. The van der Waals surface area contributed by atoms with Gasteiger partial charge in [-0.25, -0.2) is 0 Å². The van der Waals surface area contributed by atoms with Gasteiger partial charge in [-0.05, 0) is 56.2 Å². The maximum atomic E-state index is 5.06. The predicted molar refractivity (Wildman–Crippen MR) is 115 cm³/mol. The van der Waals surface area contributed by atoms with E-state index in [4.69, 9.17) is 4.99 Å². The summed E-state index contributed by atoms with van der Waals surface area (Å²) in [5, 5.41) is 3.56. The summed E-state index contributed by atoms with van der Waals surface area (Å²) < 4.78 is 0. The van der Waals surface area contributed by atoms with Crippen molar-refractivity contribution in [2.45, 2.75) is 46.0 Å². The third kappa shape index (κ3) is 5.25. The lowest BCUT2D eigenvalue weighted by Gasteiger charge is -2.40. The van der Waals surface area contributed by atoms with E-state index < -0.39 is 0 Å². The highest BCUT2D eigenvalue weighted by molar-refractivity contribution is 5.80. The molecule has 0 saturated carbocycles. The van der Waals surface area contributed by atoms with Crippen LogP contribution in [0.5, 0.6) is 0 Å². The van der Waals surface area contributed by atoms with Crippen LogP contribution < -0.4 is 5.32 Å². The first kappa shape index (κ1) is 20.2. The summed E-state index contributed by atoms with van der Waals surface area (Å²) in [6, 6.07) is 11.1. The fourth-order valence-corrected chi connectivity index (χ4v) is 4.77. The lowest BCUT2D eigenvalue weighted by atomic mass is 9.79. The molecule has 1 aromatic carbocycles. The van der Waals surface area contributed by atoms with Crippen molar-refractivity contribution >= 4 is 5.96 Å². The van der Waals surface area contributed by atoms with Gasteiger partial charge in [-0.15, -0.1) is 0 Å². The van der Waals surface area contributed by atoms with Crippen LogP contribution in [0.15, 0.2) is 35.3 Å². The van der Waals surface area contributed by atoms with E-state index in [9.17, 15) is 0 Å². The zero-order valence-corrected chi connectivity index (χ0v) is 17.5. The Morgan fingerprint density at radius 3 is 2.56 bits per heavy atom. The van der Waals surface area contributed by atoms with E-state index >= 15 is 0 Å². The van der Waals surface area contributed by atoms with Crippen molar-refractivity contribution in [2.24, 2.45) is 16.8 Å². The van der Waals surface area contributed by atoms with Crippen molar-refractivity contribution in [2.75, 3.05) is 45.8 Å². The van der Waals surface area contributed by atoms with Crippen molar-refractivity contribution in [3.05, 3.63) is 35.9 Å². The average Bonchev–Trinajstić information content (AvgIpc) is 3.19. The summed E-state index contributed by atoms with van der Waals surface area (Å²) in [5.74, 6) is 3.25. The first-order valence-corrected chi connectivity index (χ1v) is 11.1. The van der Waals surface area contributed by atoms with E-state index in [1.165, 1.54) is 44.5 Å². The molecule has 0 aliphatic carbocycles. The summed E-state index contributed by atoms with van der Waals surface area (Å²) in [4.78, 5) is 10.1. The number of nitrogens with zero attached hydrogens (tertiary/aromatic N) is 3. The molecular weight excluding hydrogens is 332 g/mol. The largest absolute Gasteiger partial charge is 0.357 e. The first-order chi connectivity index (χ1) is 13.2. The number of nitrogens with one attached hydrogen (secondary N) is 1. The van der Waals surface area contributed by atoms with Gasteiger partial charge in [0.25, 0.3) is 0 Å². The van der Waals surface area contributed by atoms with Gasteiger partial charge in [0.2, 0.25) is 0 Å². The molecule has 3 unspecified atom stereocenters. The molecule has 0 radical (unpaired) electrons. The highest BCUT2D eigenvalue weighted by atomic mass is 15.3. The van der Waals surface area contributed by atoms with Gasteiger partial charge in [0.15, 0.2) is 5.96 Å². The summed E-state index contributed by atoms with van der Waals surface area (Å²) >= 11 is 0. The molecule has 2 saturated heterocycles. The molecule has 150 valence electrons. The van der Waals surface area contributed by atoms with Crippen molar-refractivity contribution in [1.82, 2.24) is 15.1 Å². The van der Waals surface area contributed by atoms with Crippen LogP contribution >= 0.6 is 0 Å². The minimum absolute atomic E-state index is 0.684. The van der Waals surface area contributed by atoms with Gasteiger partial charge in [0.05, 0.1) is 0 Å². The Kier molecular flexibility index (Phi) is 7.57. The summed E-state index contributed by atoms with van der Waals surface area (Å²) in [7, 11) is 0. The Balaban J connectivity index is 1.63. The number of piperidine rings is 1. The molecule has 2 aliphatic heterocycles. The van der Waals surface area contributed by atoms with Crippen molar-refractivity contribution in [1.29, 1.82) is 0 Å². The van der Waals surface area contributed by atoms with Crippen LogP contribution in [0.25, 0.3) is 0 Å². The second-order valence-corrected chi connectivity index (χ2v) is 8.16. The Labute approximate surface area is 166 Å². The van der Waals surface area contributed by atoms with Crippen LogP contribution in [0, 0.1) is 11.8 Å². The van der Waals surface area contributed by atoms with Gasteiger partial charge in [-0.1, -0.05) is 50.6 Å². The molecule has 2 aliphatic rings. The number of guanidine groups is 1. The first-order valence-electron chi connectivity index (χ1n) is 11.1. The van der Waals surface area contributed by atoms with E-state index in [0.717, 1.165) is 38.1 Å². The number of hydrogen-bond donors (Lipinski definition) is 1. The SMILES string of the molecule is CCNC(=NCC1CCN(CC)C1)N1CCC(c2ccccc2)C(CC)C1. The Morgan fingerprint density at radius 1 is 1.07 bits per heavy atom. The molecule has 3 rings (SSSR count). The third-order valence-corrected chi connectivity index (χ3v) is 6.44. The van der Waals surface area contributed by atoms with Gasteiger partial charge >= 0.3 is 0 Å². The molecule has 1 aromatic rings. The molecule has 0 aromatic heterocycles. The van der Waals surface area contributed by atoms with Gasteiger partial charge in [-0.3, -0.25) is 4.99 Å². The number of benzene rings is 1. The minimum atomic E-state index is 0.684. The van der Waals surface area contributed by atoms with Crippen LogP contribution in [0.3, 0.4) is 0 Å². The topological polar surface area (TPSA) is 30.9 Å². The third-order valence-electron chi connectivity index (χ3n) is 6.44. The zero-order chi connectivity index (χ0) is 19.1. The van der Waals surface area contributed by atoms with Crippen LogP contribution in [0.2, 0.25) is 0 Å². The fourth-order valence-electron chi connectivity index (χ4n) is 4.77. The molecule has 0 amide bonds. The maximum absolute atomic E-state index is 5.06. The number of aliphatic imine (C=N–C) groups is 1. The van der Waals surface area contributed by atoms with E-state index in [1.807, 2.05) is 0 Å². The number of rotatable bonds is 6. The molecule has 3 atom stereocenters. The van der Waals surface area contributed by atoms with E-state index in [0.29, 0.717) is 11.8 Å². The van der Waals surface area contributed by atoms with Crippen LogP contribution in [-0.4, -0.2) is 61.6 Å². The normalized spacial score (nSPS) is 27.1. The monoisotopic (exact) mass is 370 g/mol. The lowest BCUT2D eigenvalue weighted by Crippen LogP contribution is -2.48. The fraction of sp³-hybridized carbons (Fsp3) is 0.696.